The van der Waals surface area contributed by atoms with Crippen LogP contribution in [0.5, 0.6) is 0 Å². The first-order chi connectivity index (χ1) is 10.7. The Morgan fingerprint density at radius 3 is 3.09 bits per heavy atom. The number of piperidine rings is 1. The molecule has 0 spiro atoms. The molecule has 2 aliphatic rings. The van der Waals surface area contributed by atoms with E-state index < -0.39 is 0 Å². The highest BCUT2D eigenvalue weighted by atomic mass is 79.9. The van der Waals surface area contributed by atoms with E-state index in [-0.39, 0.29) is 0 Å². The lowest BCUT2D eigenvalue weighted by Gasteiger charge is -2.29. The Bertz CT molecular complexity index is 694. The average molecular weight is 361 g/mol. The number of anilines is 1. The molecule has 4 nitrogen and oxygen atoms in total. The molecule has 1 unspecified atom stereocenters. The highest BCUT2D eigenvalue weighted by molar-refractivity contribution is 9.10. The second kappa shape index (κ2) is 5.70. The van der Waals surface area contributed by atoms with E-state index in [2.05, 4.69) is 62.1 Å². The maximum Gasteiger partial charge on any atom is 0.133 e. The Kier molecular flexibility index (Phi) is 3.70. The van der Waals surface area contributed by atoms with Crippen LogP contribution in [0, 0.1) is 0 Å². The summed E-state index contributed by atoms with van der Waals surface area (Å²) >= 11 is 3.56. The van der Waals surface area contributed by atoms with Crippen LogP contribution in [0.2, 0.25) is 0 Å². The Morgan fingerprint density at radius 2 is 2.27 bits per heavy atom. The van der Waals surface area contributed by atoms with E-state index in [1.807, 2.05) is 0 Å². The van der Waals surface area contributed by atoms with Gasteiger partial charge in [-0.3, -0.25) is 0 Å². The van der Waals surface area contributed by atoms with Gasteiger partial charge < -0.3 is 10.2 Å². The van der Waals surface area contributed by atoms with Crippen LogP contribution in [0.1, 0.15) is 30.0 Å². The highest BCUT2D eigenvalue weighted by Crippen LogP contribution is 2.36. The summed E-state index contributed by atoms with van der Waals surface area (Å²) in [6, 6.07) is 8.37. The third-order valence-electron chi connectivity index (χ3n) is 4.75. The van der Waals surface area contributed by atoms with Crippen LogP contribution < -0.4 is 5.32 Å². The van der Waals surface area contributed by atoms with Gasteiger partial charge in [-0.1, -0.05) is 22.0 Å². The van der Waals surface area contributed by atoms with Gasteiger partial charge in [0.15, 0.2) is 0 Å². The molecule has 1 aromatic heterocycles. The largest absolute Gasteiger partial charge is 0.369 e. The summed E-state index contributed by atoms with van der Waals surface area (Å²) in [7, 11) is 2.22. The van der Waals surface area contributed by atoms with Crippen molar-refractivity contribution in [2.75, 3.05) is 32.0 Å². The number of rotatable bonds is 2. The van der Waals surface area contributed by atoms with Crippen molar-refractivity contribution in [3.63, 3.8) is 0 Å². The lowest BCUT2D eigenvalue weighted by Crippen LogP contribution is -2.31. The lowest BCUT2D eigenvalue weighted by atomic mass is 9.92. The number of halogens is 1. The standard InChI is InChI=1S/C17H21BrN4/c1-21-9-3-4-12(11-21)16-15-7-8-19-17(15)22(20-16)14-6-2-5-13(18)10-14/h2,5-6,10,12,19H,3-4,7-9,11H2,1H3. The summed E-state index contributed by atoms with van der Waals surface area (Å²) in [5, 5.41) is 8.54. The van der Waals surface area contributed by atoms with Crippen LogP contribution >= 0.6 is 15.9 Å². The zero-order chi connectivity index (χ0) is 15.1. The number of hydrogen-bond acceptors (Lipinski definition) is 3. The number of hydrogen-bond donors (Lipinski definition) is 1. The molecule has 1 saturated heterocycles. The Morgan fingerprint density at radius 1 is 1.36 bits per heavy atom. The number of nitrogens with one attached hydrogen (secondary N) is 1. The fraction of sp³-hybridized carbons (Fsp3) is 0.471. The van der Waals surface area contributed by atoms with E-state index >= 15 is 0 Å². The molecule has 22 heavy (non-hydrogen) atoms. The summed E-state index contributed by atoms with van der Waals surface area (Å²) in [5.74, 6) is 1.77. The first-order valence-electron chi connectivity index (χ1n) is 8.02. The molecule has 0 bridgehead atoms. The van der Waals surface area contributed by atoms with Gasteiger partial charge in [0.25, 0.3) is 0 Å². The van der Waals surface area contributed by atoms with Gasteiger partial charge in [0.1, 0.15) is 5.82 Å². The zero-order valence-electron chi connectivity index (χ0n) is 12.8. The van der Waals surface area contributed by atoms with Gasteiger partial charge >= 0.3 is 0 Å². The van der Waals surface area contributed by atoms with Crippen molar-refractivity contribution < 1.29 is 0 Å². The van der Waals surface area contributed by atoms with E-state index in [1.165, 1.54) is 36.5 Å². The molecule has 3 heterocycles. The monoisotopic (exact) mass is 360 g/mol. The molecule has 4 rings (SSSR count). The fourth-order valence-electron chi connectivity index (χ4n) is 3.71. The SMILES string of the molecule is CN1CCCC(c2nn(-c3cccc(Br)c3)c3c2CCN3)C1. The van der Waals surface area contributed by atoms with Gasteiger partial charge in [-0.25, -0.2) is 4.68 Å². The molecule has 2 aromatic rings. The number of likely N-dealkylation sites (tertiary alicyclic amines) is 1. The van der Waals surface area contributed by atoms with Crippen LogP contribution in [-0.4, -0.2) is 41.4 Å². The lowest BCUT2D eigenvalue weighted by molar-refractivity contribution is 0.247. The van der Waals surface area contributed by atoms with Crippen LogP contribution in [0.15, 0.2) is 28.7 Å². The Balaban J connectivity index is 1.76. The smallest absolute Gasteiger partial charge is 0.133 e. The van der Waals surface area contributed by atoms with Crippen LogP contribution in [-0.2, 0) is 6.42 Å². The van der Waals surface area contributed by atoms with Gasteiger partial charge in [-0.05, 0) is 51.1 Å². The number of benzene rings is 1. The second-order valence-corrected chi connectivity index (χ2v) is 7.30. The van der Waals surface area contributed by atoms with Crippen molar-refractivity contribution in [1.29, 1.82) is 0 Å². The number of fused-ring (bicyclic) bond motifs is 1. The predicted molar refractivity (Wildman–Crippen MR) is 92.9 cm³/mol. The van der Waals surface area contributed by atoms with Gasteiger partial charge in [0, 0.05) is 29.0 Å². The molecule has 0 amide bonds. The molecule has 1 N–H and O–H groups in total. The summed E-state index contributed by atoms with van der Waals surface area (Å²) in [6.45, 7) is 3.36. The van der Waals surface area contributed by atoms with E-state index in [4.69, 9.17) is 5.10 Å². The van der Waals surface area contributed by atoms with Crippen LogP contribution in [0.25, 0.3) is 5.69 Å². The Hall–Kier alpha value is -1.33. The third-order valence-corrected chi connectivity index (χ3v) is 5.24. The van der Waals surface area contributed by atoms with Crippen molar-refractivity contribution in [3.05, 3.63) is 40.0 Å². The van der Waals surface area contributed by atoms with E-state index in [1.54, 1.807) is 0 Å². The first-order valence-corrected chi connectivity index (χ1v) is 8.82. The van der Waals surface area contributed by atoms with E-state index in [0.29, 0.717) is 5.92 Å². The van der Waals surface area contributed by atoms with Gasteiger partial charge in [-0.15, -0.1) is 0 Å². The minimum Gasteiger partial charge on any atom is -0.369 e. The molecule has 0 saturated carbocycles. The molecule has 5 heteroatoms. The molecule has 1 fully saturated rings. The van der Waals surface area contributed by atoms with Crippen molar-refractivity contribution in [2.24, 2.45) is 0 Å². The number of likely N-dealkylation sites (N-methyl/N-ethyl adjacent to an activating group) is 1. The summed E-state index contributed by atoms with van der Waals surface area (Å²) in [4.78, 5) is 2.43. The topological polar surface area (TPSA) is 33.1 Å². The molecule has 0 radical (unpaired) electrons. The van der Waals surface area contributed by atoms with Crippen LogP contribution in [0.4, 0.5) is 5.82 Å². The molecule has 0 aliphatic carbocycles. The summed E-state index contributed by atoms with van der Waals surface area (Å²) in [6.07, 6.45) is 3.62. The average Bonchev–Trinajstić information content (AvgIpc) is 3.09. The molecule has 2 aliphatic heterocycles. The summed E-state index contributed by atoms with van der Waals surface area (Å²) in [5.41, 5.74) is 3.86. The Labute approximate surface area is 139 Å². The third kappa shape index (κ3) is 2.46. The second-order valence-electron chi connectivity index (χ2n) is 6.38. The maximum absolute atomic E-state index is 5.01. The van der Waals surface area contributed by atoms with Gasteiger partial charge in [0.2, 0.25) is 0 Å². The van der Waals surface area contributed by atoms with Crippen molar-refractivity contribution in [1.82, 2.24) is 14.7 Å². The van der Waals surface area contributed by atoms with Gasteiger partial charge in [0.05, 0.1) is 11.4 Å². The van der Waals surface area contributed by atoms with Crippen LogP contribution in [0.3, 0.4) is 0 Å². The fourth-order valence-corrected chi connectivity index (χ4v) is 4.10. The normalized spacial score (nSPS) is 21.6. The molecule has 1 aromatic carbocycles. The number of nitrogens with zero attached hydrogens (tertiary/aromatic N) is 3. The summed E-state index contributed by atoms with van der Waals surface area (Å²) < 4.78 is 3.18. The van der Waals surface area contributed by atoms with E-state index in [0.717, 1.165) is 29.7 Å². The van der Waals surface area contributed by atoms with Gasteiger partial charge in [-0.2, -0.15) is 5.10 Å². The minimum absolute atomic E-state index is 0.570. The predicted octanol–water partition coefficient (Wildman–Crippen LogP) is 3.41. The molecule has 1 atom stereocenters. The van der Waals surface area contributed by atoms with Crippen molar-refractivity contribution >= 4 is 21.7 Å². The quantitative estimate of drug-likeness (QED) is 0.890. The molecular formula is C17H21BrN4. The maximum atomic E-state index is 5.01. The van der Waals surface area contributed by atoms with Crippen molar-refractivity contribution in [3.8, 4) is 5.69 Å². The van der Waals surface area contributed by atoms with Crippen molar-refractivity contribution in [2.45, 2.75) is 25.2 Å². The zero-order valence-corrected chi connectivity index (χ0v) is 14.4. The highest BCUT2D eigenvalue weighted by Gasteiger charge is 2.29. The molecule has 116 valence electrons. The first kappa shape index (κ1) is 14.3. The minimum atomic E-state index is 0.570. The number of aromatic nitrogens is 2. The molecular weight excluding hydrogens is 340 g/mol. The van der Waals surface area contributed by atoms with E-state index in [9.17, 15) is 0 Å².